The van der Waals surface area contributed by atoms with Crippen molar-refractivity contribution in [1.29, 1.82) is 0 Å². The lowest BCUT2D eigenvalue weighted by atomic mass is 10.2. The summed E-state index contributed by atoms with van der Waals surface area (Å²) in [4.78, 5) is 12.2. The van der Waals surface area contributed by atoms with Gasteiger partial charge in [0.25, 0.3) is 10.0 Å². The van der Waals surface area contributed by atoms with Gasteiger partial charge in [-0.05, 0) is 25.1 Å². The lowest BCUT2D eigenvalue weighted by Crippen LogP contribution is -2.18. The van der Waals surface area contributed by atoms with E-state index in [2.05, 4.69) is 5.10 Å². The first-order valence-electron chi connectivity index (χ1n) is 4.93. The van der Waals surface area contributed by atoms with Gasteiger partial charge >= 0.3 is 5.97 Å². The highest BCUT2D eigenvalue weighted by molar-refractivity contribution is 7.89. The molecule has 7 heteroatoms. The molecule has 1 aromatic rings. The van der Waals surface area contributed by atoms with Crippen LogP contribution in [-0.4, -0.2) is 25.7 Å². The summed E-state index contributed by atoms with van der Waals surface area (Å²) in [7, 11) is -3.71. The normalized spacial score (nSPS) is 12.1. The molecule has 0 amide bonds. The van der Waals surface area contributed by atoms with Gasteiger partial charge in [0.1, 0.15) is 0 Å². The summed E-state index contributed by atoms with van der Waals surface area (Å²) in [5.74, 6) is -1.14. The second kappa shape index (κ2) is 5.97. The van der Waals surface area contributed by atoms with Gasteiger partial charge in [0.05, 0.1) is 4.90 Å². The number of allylic oxidation sites excluding steroid dienone is 1. The Morgan fingerprint density at radius 3 is 2.50 bits per heavy atom. The van der Waals surface area contributed by atoms with E-state index < -0.39 is 16.0 Å². The predicted molar refractivity (Wildman–Crippen MR) is 66.8 cm³/mol. The molecule has 0 aliphatic rings. The summed E-state index contributed by atoms with van der Waals surface area (Å²) >= 11 is 0. The van der Waals surface area contributed by atoms with Crippen LogP contribution in [0.4, 0.5) is 0 Å². The van der Waals surface area contributed by atoms with Crippen LogP contribution >= 0.6 is 0 Å². The second-order valence-corrected chi connectivity index (χ2v) is 5.04. The molecule has 1 aromatic carbocycles. The summed E-state index contributed by atoms with van der Waals surface area (Å²) < 4.78 is 23.4. The van der Waals surface area contributed by atoms with Gasteiger partial charge in [0.15, 0.2) is 0 Å². The van der Waals surface area contributed by atoms with Crippen molar-refractivity contribution in [2.75, 3.05) is 0 Å². The number of nitrogens with one attached hydrogen (secondary N) is 1. The molecule has 0 radical (unpaired) electrons. The van der Waals surface area contributed by atoms with Gasteiger partial charge in [-0.25, -0.2) is 9.63 Å². The van der Waals surface area contributed by atoms with Crippen LogP contribution in [0.3, 0.4) is 0 Å². The Labute approximate surface area is 105 Å². The van der Waals surface area contributed by atoms with Crippen LogP contribution in [0, 0.1) is 6.92 Å². The van der Waals surface area contributed by atoms with E-state index in [4.69, 9.17) is 5.11 Å². The van der Waals surface area contributed by atoms with Crippen molar-refractivity contribution in [2.45, 2.75) is 11.8 Å². The highest BCUT2D eigenvalue weighted by Gasteiger charge is 2.11. The summed E-state index contributed by atoms with van der Waals surface area (Å²) in [6.07, 6.45) is 2.99. The average Bonchev–Trinajstić information content (AvgIpc) is 2.28. The van der Waals surface area contributed by atoms with E-state index in [-0.39, 0.29) is 4.90 Å². The number of carboxylic acid groups (broad SMARTS) is 1. The van der Waals surface area contributed by atoms with Gasteiger partial charge in [-0.2, -0.15) is 13.5 Å². The maximum atomic E-state index is 11.7. The molecule has 0 fully saturated rings. The first kappa shape index (κ1) is 13.9. The number of hydrogen-bond acceptors (Lipinski definition) is 4. The van der Waals surface area contributed by atoms with Gasteiger partial charge in [-0.3, -0.25) is 0 Å². The molecule has 0 heterocycles. The highest BCUT2D eigenvalue weighted by Crippen LogP contribution is 2.09. The standard InChI is InChI=1S/C11H12N2O4S/c1-9-4-6-10(7-5-9)18(16,17)13-12-8-2-3-11(14)15/h2-8,13H,1H3,(H,14,15)/b3-2+,12-8-. The molecule has 6 nitrogen and oxygen atoms in total. The number of aliphatic carboxylic acids is 1. The van der Waals surface area contributed by atoms with E-state index in [1.165, 1.54) is 12.1 Å². The minimum Gasteiger partial charge on any atom is -0.478 e. The third-order valence-corrected chi connectivity index (χ3v) is 3.14. The SMILES string of the molecule is Cc1ccc(S(=O)(=O)N/N=C\C=C\C(=O)O)cc1. The summed E-state index contributed by atoms with van der Waals surface area (Å²) in [6.45, 7) is 1.85. The molecule has 0 bridgehead atoms. The number of sulfonamides is 1. The minimum atomic E-state index is -3.71. The van der Waals surface area contributed by atoms with Crippen molar-refractivity contribution in [2.24, 2.45) is 5.10 Å². The quantitative estimate of drug-likeness (QED) is 0.471. The Balaban J connectivity index is 2.71. The van der Waals surface area contributed by atoms with E-state index in [0.717, 1.165) is 23.9 Å². The van der Waals surface area contributed by atoms with Crippen LogP contribution < -0.4 is 4.83 Å². The van der Waals surface area contributed by atoms with Crippen LogP contribution in [0.5, 0.6) is 0 Å². The number of aryl methyl sites for hydroxylation is 1. The van der Waals surface area contributed by atoms with Crippen molar-refractivity contribution in [3.05, 3.63) is 42.0 Å². The number of carbonyl (C=O) groups is 1. The topological polar surface area (TPSA) is 95.8 Å². The summed E-state index contributed by atoms with van der Waals surface area (Å²) in [5.41, 5.74) is 0.946. The van der Waals surface area contributed by atoms with Crippen LogP contribution in [0.25, 0.3) is 0 Å². The summed E-state index contributed by atoms with van der Waals surface area (Å²) in [6, 6.07) is 6.26. The number of hydrazone groups is 1. The van der Waals surface area contributed by atoms with E-state index in [0.29, 0.717) is 0 Å². The number of rotatable bonds is 5. The van der Waals surface area contributed by atoms with E-state index in [1.54, 1.807) is 12.1 Å². The Bertz CT molecular complexity index is 574. The maximum Gasteiger partial charge on any atom is 0.328 e. The van der Waals surface area contributed by atoms with Crippen molar-refractivity contribution in [3.8, 4) is 0 Å². The zero-order valence-corrected chi connectivity index (χ0v) is 10.4. The Kier molecular flexibility index (Phi) is 4.61. The van der Waals surface area contributed by atoms with E-state index >= 15 is 0 Å². The molecule has 0 spiro atoms. The molecule has 0 unspecified atom stereocenters. The number of hydrogen-bond donors (Lipinski definition) is 2. The third-order valence-electron chi connectivity index (χ3n) is 1.90. The van der Waals surface area contributed by atoms with E-state index in [9.17, 15) is 13.2 Å². The predicted octanol–water partition coefficient (Wildman–Crippen LogP) is 0.900. The lowest BCUT2D eigenvalue weighted by Gasteiger charge is -2.02. The zero-order chi connectivity index (χ0) is 13.6. The number of nitrogens with zero attached hydrogens (tertiary/aromatic N) is 1. The minimum absolute atomic E-state index is 0.0902. The van der Waals surface area contributed by atoms with E-state index in [1.807, 2.05) is 11.8 Å². The van der Waals surface area contributed by atoms with Gasteiger partial charge in [0.2, 0.25) is 0 Å². The van der Waals surface area contributed by atoms with Gasteiger partial charge in [-0.15, -0.1) is 0 Å². The number of benzene rings is 1. The zero-order valence-electron chi connectivity index (χ0n) is 9.57. The largest absolute Gasteiger partial charge is 0.478 e. The monoisotopic (exact) mass is 268 g/mol. The van der Waals surface area contributed by atoms with Gasteiger partial charge < -0.3 is 5.11 Å². The molecule has 0 saturated heterocycles. The molecular weight excluding hydrogens is 256 g/mol. The fraction of sp³-hybridized carbons (Fsp3) is 0.0909. The smallest absolute Gasteiger partial charge is 0.328 e. The van der Waals surface area contributed by atoms with Gasteiger partial charge in [0, 0.05) is 12.3 Å². The molecule has 0 saturated carbocycles. The first-order chi connectivity index (χ1) is 8.42. The molecule has 0 aliphatic carbocycles. The van der Waals surface area contributed by atoms with Crippen molar-refractivity contribution in [1.82, 2.24) is 4.83 Å². The van der Waals surface area contributed by atoms with Crippen LogP contribution in [0.15, 0.2) is 46.4 Å². The Hall–Kier alpha value is -2.15. The maximum absolute atomic E-state index is 11.7. The Morgan fingerprint density at radius 1 is 1.33 bits per heavy atom. The summed E-state index contributed by atoms with van der Waals surface area (Å²) in [5, 5.41) is 11.7. The van der Waals surface area contributed by atoms with Crippen LogP contribution in [0.1, 0.15) is 5.56 Å². The van der Waals surface area contributed by atoms with Crippen molar-refractivity contribution in [3.63, 3.8) is 0 Å². The van der Waals surface area contributed by atoms with Crippen molar-refractivity contribution < 1.29 is 18.3 Å². The second-order valence-electron chi connectivity index (χ2n) is 3.38. The number of carboxylic acids is 1. The average molecular weight is 268 g/mol. The molecule has 96 valence electrons. The fourth-order valence-electron chi connectivity index (χ4n) is 1.04. The van der Waals surface area contributed by atoms with Crippen LogP contribution in [-0.2, 0) is 14.8 Å². The molecule has 2 N–H and O–H groups in total. The molecule has 0 aromatic heterocycles. The third kappa shape index (κ3) is 4.38. The van der Waals surface area contributed by atoms with Crippen molar-refractivity contribution >= 4 is 22.2 Å². The Morgan fingerprint density at radius 2 is 1.94 bits per heavy atom. The lowest BCUT2D eigenvalue weighted by molar-refractivity contribution is -0.131. The molecule has 18 heavy (non-hydrogen) atoms. The fourth-order valence-corrected chi connectivity index (χ4v) is 1.84. The first-order valence-corrected chi connectivity index (χ1v) is 6.41. The molecule has 0 aliphatic heterocycles. The molecule has 0 atom stereocenters. The molecular formula is C11H12N2O4S. The van der Waals surface area contributed by atoms with Crippen LogP contribution in [0.2, 0.25) is 0 Å². The highest BCUT2D eigenvalue weighted by atomic mass is 32.2. The van der Waals surface area contributed by atoms with Gasteiger partial charge in [-0.1, -0.05) is 17.7 Å². The molecule has 1 rings (SSSR count).